The molecule has 0 aromatic heterocycles. The predicted octanol–water partition coefficient (Wildman–Crippen LogP) is 2.71. The minimum absolute atomic E-state index is 0.113. The number of fused-ring (bicyclic) bond motifs is 1. The molecule has 1 aliphatic heterocycles. The van der Waals surface area contributed by atoms with Crippen molar-refractivity contribution in [3.63, 3.8) is 0 Å². The van der Waals surface area contributed by atoms with Crippen LogP contribution in [0.2, 0.25) is 0 Å². The molecule has 0 saturated heterocycles. The fourth-order valence-corrected chi connectivity index (χ4v) is 2.90. The molecule has 5 heteroatoms. The van der Waals surface area contributed by atoms with Crippen molar-refractivity contribution in [2.24, 2.45) is 0 Å². The molecule has 0 aliphatic carbocycles. The van der Waals surface area contributed by atoms with Crippen molar-refractivity contribution < 1.29 is 19.4 Å². The second kappa shape index (κ2) is 7.27. The highest BCUT2D eigenvalue weighted by Crippen LogP contribution is 2.29. The number of hydrogen-bond acceptors (Lipinski definition) is 3. The van der Waals surface area contributed by atoms with E-state index in [1.54, 1.807) is 18.2 Å². The van der Waals surface area contributed by atoms with Crippen LogP contribution >= 0.6 is 0 Å². The number of carboxylic acid groups (broad SMARTS) is 1. The number of hydrogen-bond donors (Lipinski definition) is 2. The SMILES string of the molecule is O=C(C[C@H]1OCCc2ccccc21)NCc1cccc(C(=O)O)c1. The third-order valence-electron chi connectivity index (χ3n) is 4.13. The van der Waals surface area contributed by atoms with Gasteiger partial charge in [0, 0.05) is 6.54 Å². The summed E-state index contributed by atoms with van der Waals surface area (Å²) in [6, 6.07) is 14.6. The van der Waals surface area contributed by atoms with E-state index in [0.717, 1.165) is 17.5 Å². The molecule has 0 saturated carbocycles. The highest BCUT2D eigenvalue weighted by atomic mass is 16.5. The van der Waals surface area contributed by atoms with Crippen LogP contribution in [0.25, 0.3) is 0 Å². The van der Waals surface area contributed by atoms with E-state index >= 15 is 0 Å². The number of carboxylic acids is 1. The lowest BCUT2D eigenvalue weighted by molar-refractivity contribution is -0.124. The normalized spacial score (nSPS) is 16.2. The van der Waals surface area contributed by atoms with Gasteiger partial charge in [-0.3, -0.25) is 4.79 Å². The maximum atomic E-state index is 12.2. The van der Waals surface area contributed by atoms with Crippen molar-refractivity contribution in [3.8, 4) is 0 Å². The topological polar surface area (TPSA) is 75.6 Å². The first-order chi connectivity index (χ1) is 11.6. The maximum Gasteiger partial charge on any atom is 0.335 e. The first-order valence-corrected chi connectivity index (χ1v) is 7.92. The Hall–Kier alpha value is -2.66. The average Bonchev–Trinajstić information content (AvgIpc) is 2.60. The molecule has 0 radical (unpaired) electrons. The van der Waals surface area contributed by atoms with Gasteiger partial charge in [-0.1, -0.05) is 36.4 Å². The second-order valence-electron chi connectivity index (χ2n) is 5.79. The molecule has 0 spiro atoms. The number of rotatable bonds is 5. The molecule has 2 N–H and O–H groups in total. The van der Waals surface area contributed by atoms with E-state index in [0.29, 0.717) is 13.2 Å². The average molecular weight is 325 g/mol. The molecule has 2 aromatic carbocycles. The molecule has 0 unspecified atom stereocenters. The number of nitrogens with one attached hydrogen (secondary N) is 1. The number of amides is 1. The van der Waals surface area contributed by atoms with Gasteiger partial charge in [-0.05, 0) is 35.2 Å². The molecule has 0 bridgehead atoms. The lowest BCUT2D eigenvalue weighted by Gasteiger charge is -2.25. The van der Waals surface area contributed by atoms with Gasteiger partial charge in [-0.25, -0.2) is 4.79 Å². The summed E-state index contributed by atoms with van der Waals surface area (Å²) in [6.45, 7) is 0.921. The minimum atomic E-state index is -0.976. The number of carbonyl (C=O) groups excluding carboxylic acids is 1. The Morgan fingerprint density at radius 1 is 1.17 bits per heavy atom. The first kappa shape index (κ1) is 16.2. The lowest BCUT2D eigenvalue weighted by Crippen LogP contribution is -2.27. The van der Waals surface area contributed by atoms with Gasteiger partial charge in [0.1, 0.15) is 0 Å². The Morgan fingerprint density at radius 3 is 2.83 bits per heavy atom. The summed E-state index contributed by atoms with van der Waals surface area (Å²) in [5.74, 6) is -1.09. The maximum absolute atomic E-state index is 12.2. The summed E-state index contributed by atoms with van der Waals surface area (Å²) < 4.78 is 5.74. The van der Waals surface area contributed by atoms with Crippen LogP contribution in [0.4, 0.5) is 0 Å². The van der Waals surface area contributed by atoms with E-state index in [4.69, 9.17) is 9.84 Å². The smallest absolute Gasteiger partial charge is 0.335 e. The van der Waals surface area contributed by atoms with Crippen molar-refractivity contribution in [1.82, 2.24) is 5.32 Å². The van der Waals surface area contributed by atoms with Crippen LogP contribution in [-0.4, -0.2) is 23.6 Å². The molecule has 3 rings (SSSR count). The molecule has 1 amide bonds. The number of ether oxygens (including phenoxy) is 1. The van der Waals surface area contributed by atoms with Gasteiger partial charge in [0.2, 0.25) is 5.91 Å². The summed E-state index contributed by atoms with van der Waals surface area (Å²) in [5, 5.41) is 11.8. The summed E-state index contributed by atoms with van der Waals surface area (Å²) in [7, 11) is 0. The summed E-state index contributed by atoms with van der Waals surface area (Å²) in [4.78, 5) is 23.2. The van der Waals surface area contributed by atoms with E-state index in [1.165, 1.54) is 11.6 Å². The van der Waals surface area contributed by atoms with Gasteiger partial charge in [0.05, 0.1) is 24.7 Å². The molecular formula is C19H19NO4. The highest BCUT2D eigenvalue weighted by molar-refractivity contribution is 5.87. The number of benzene rings is 2. The van der Waals surface area contributed by atoms with Gasteiger partial charge in [0.15, 0.2) is 0 Å². The third-order valence-corrected chi connectivity index (χ3v) is 4.13. The Labute approximate surface area is 140 Å². The van der Waals surface area contributed by atoms with Gasteiger partial charge in [-0.2, -0.15) is 0 Å². The van der Waals surface area contributed by atoms with Gasteiger partial charge >= 0.3 is 5.97 Å². The monoisotopic (exact) mass is 325 g/mol. The van der Waals surface area contributed by atoms with E-state index in [2.05, 4.69) is 11.4 Å². The van der Waals surface area contributed by atoms with Crippen molar-refractivity contribution in [2.75, 3.05) is 6.61 Å². The fraction of sp³-hybridized carbons (Fsp3) is 0.263. The van der Waals surface area contributed by atoms with Crippen molar-refractivity contribution in [1.29, 1.82) is 0 Å². The van der Waals surface area contributed by atoms with Crippen molar-refractivity contribution in [2.45, 2.75) is 25.5 Å². The van der Waals surface area contributed by atoms with Crippen LogP contribution in [-0.2, 0) is 22.5 Å². The van der Waals surface area contributed by atoms with E-state index in [9.17, 15) is 9.59 Å². The molecule has 2 aromatic rings. The molecule has 5 nitrogen and oxygen atoms in total. The summed E-state index contributed by atoms with van der Waals surface area (Å²) in [6.07, 6.45) is 0.909. The van der Waals surface area contributed by atoms with Gasteiger partial charge in [0.25, 0.3) is 0 Å². The van der Waals surface area contributed by atoms with Crippen LogP contribution in [0.5, 0.6) is 0 Å². The Bertz CT molecular complexity index is 757. The van der Waals surface area contributed by atoms with Crippen molar-refractivity contribution >= 4 is 11.9 Å². The van der Waals surface area contributed by atoms with Crippen LogP contribution in [0.15, 0.2) is 48.5 Å². The minimum Gasteiger partial charge on any atom is -0.478 e. The van der Waals surface area contributed by atoms with Crippen LogP contribution in [0.1, 0.15) is 39.6 Å². The highest BCUT2D eigenvalue weighted by Gasteiger charge is 2.22. The van der Waals surface area contributed by atoms with Gasteiger partial charge < -0.3 is 15.2 Å². The first-order valence-electron chi connectivity index (χ1n) is 7.92. The zero-order valence-corrected chi connectivity index (χ0v) is 13.2. The molecule has 1 atom stereocenters. The molecule has 1 heterocycles. The largest absolute Gasteiger partial charge is 0.478 e. The van der Waals surface area contributed by atoms with E-state index in [-0.39, 0.29) is 24.0 Å². The standard InChI is InChI=1S/C19H19NO4/c21-18(20-12-13-4-3-6-15(10-13)19(22)23)11-17-16-7-2-1-5-14(16)8-9-24-17/h1-7,10,17H,8-9,11-12H2,(H,20,21)(H,22,23)/t17-/m1/s1. The number of aromatic carboxylic acids is 1. The molecular weight excluding hydrogens is 306 g/mol. The van der Waals surface area contributed by atoms with Gasteiger partial charge in [-0.15, -0.1) is 0 Å². The van der Waals surface area contributed by atoms with E-state index in [1.807, 2.05) is 18.2 Å². The Morgan fingerprint density at radius 2 is 2.00 bits per heavy atom. The zero-order chi connectivity index (χ0) is 16.9. The molecule has 0 fully saturated rings. The Balaban J connectivity index is 1.59. The second-order valence-corrected chi connectivity index (χ2v) is 5.79. The molecule has 24 heavy (non-hydrogen) atoms. The van der Waals surface area contributed by atoms with Crippen LogP contribution in [0.3, 0.4) is 0 Å². The van der Waals surface area contributed by atoms with E-state index < -0.39 is 5.97 Å². The summed E-state index contributed by atoms with van der Waals surface area (Å²) >= 11 is 0. The van der Waals surface area contributed by atoms with Crippen molar-refractivity contribution in [3.05, 3.63) is 70.8 Å². The van der Waals surface area contributed by atoms with Crippen LogP contribution < -0.4 is 5.32 Å². The quantitative estimate of drug-likeness (QED) is 0.886. The third kappa shape index (κ3) is 3.81. The fourth-order valence-electron chi connectivity index (χ4n) is 2.90. The van der Waals surface area contributed by atoms with Crippen LogP contribution in [0, 0.1) is 0 Å². The molecule has 124 valence electrons. The predicted molar refractivity (Wildman–Crippen MR) is 88.7 cm³/mol. The summed E-state index contributed by atoms with van der Waals surface area (Å²) in [5.41, 5.74) is 3.28. The Kier molecular flexibility index (Phi) is 4.91. The number of carbonyl (C=O) groups is 2. The lowest BCUT2D eigenvalue weighted by atomic mass is 9.95. The zero-order valence-electron chi connectivity index (χ0n) is 13.2. The molecule has 1 aliphatic rings.